The molecule has 0 saturated carbocycles. The fraction of sp³-hybridized carbons (Fsp3) is 0.667. The van der Waals surface area contributed by atoms with Gasteiger partial charge in [0.2, 0.25) is 0 Å². The van der Waals surface area contributed by atoms with Crippen molar-refractivity contribution in [1.82, 2.24) is 5.32 Å². The van der Waals surface area contributed by atoms with Crippen LogP contribution in [0.5, 0.6) is 0 Å². The van der Waals surface area contributed by atoms with E-state index in [9.17, 15) is 0 Å². The van der Waals surface area contributed by atoms with Gasteiger partial charge in [-0.3, -0.25) is 0 Å². The maximum Gasteiger partial charge on any atom is 0.0983 e. The Balaban J connectivity index is 2.16. The summed E-state index contributed by atoms with van der Waals surface area (Å²) in [7, 11) is 1.77. The third kappa shape index (κ3) is 4.29. The lowest BCUT2D eigenvalue weighted by atomic mass is 9.86. The SMILES string of the molecule is CCCNC(C(C)CCOC)C1OCCc2ccccc21. The highest BCUT2D eigenvalue weighted by Gasteiger charge is 2.31. The van der Waals surface area contributed by atoms with Crippen LogP contribution in [0.25, 0.3) is 0 Å². The van der Waals surface area contributed by atoms with E-state index in [0.29, 0.717) is 12.0 Å². The van der Waals surface area contributed by atoms with Gasteiger partial charge in [-0.05, 0) is 42.9 Å². The summed E-state index contributed by atoms with van der Waals surface area (Å²) >= 11 is 0. The van der Waals surface area contributed by atoms with E-state index in [1.807, 2.05) is 0 Å². The summed E-state index contributed by atoms with van der Waals surface area (Å²) in [5, 5.41) is 3.71. The predicted octanol–water partition coefficient (Wildman–Crippen LogP) is 3.34. The number of rotatable bonds is 8. The van der Waals surface area contributed by atoms with Gasteiger partial charge >= 0.3 is 0 Å². The molecule has 0 saturated heterocycles. The van der Waals surface area contributed by atoms with Crippen molar-refractivity contribution in [3.05, 3.63) is 35.4 Å². The summed E-state index contributed by atoms with van der Waals surface area (Å²) in [6.45, 7) is 7.17. The van der Waals surface area contributed by atoms with Gasteiger partial charge in [0.05, 0.1) is 12.7 Å². The van der Waals surface area contributed by atoms with Crippen LogP contribution >= 0.6 is 0 Å². The average Bonchev–Trinajstić information content (AvgIpc) is 2.53. The number of benzene rings is 1. The van der Waals surface area contributed by atoms with E-state index < -0.39 is 0 Å². The van der Waals surface area contributed by atoms with Crippen molar-refractivity contribution < 1.29 is 9.47 Å². The Bertz CT molecular complexity index is 421. The first-order valence-electron chi connectivity index (χ1n) is 8.19. The van der Waals surface area contributed by atoms with Crippen LogP contribution in [-0.2, 0) is 15.9 Å². The largest absolute Gasteiger partial charge is 0.385 e. The molecule has 0 bridgehead atoms. The van der Waals surface area contributed by atoms with Gasteiger partial charge in [0, 0.05) is 19.8 Å². The molecule has 1 aromatic carbocycles. The van der Waals surface area contributed by atoms with Crippen molar-refractivity contribution in [2.24, 2.45) is 5.92 Å². The lowest BCUT2D eigenvalue weighted by Gasteiger charge is -2.36. The second-order valence-electron chi connectivity index (χ2n) is 5.98. The zero-order valence-corrected chi connectivity index (χ0v) is 13.6. The second kappa shape index (κ2) is 8.52. The first kappa shape index (κ1) is 16.5. The molecule has 1 N–H and O–H groups in total. The van der Waals surface area contributed by atoms with Gasteiger partial charge in [0.25, 0.3) is 0 Å². The molecule has 0 spiro atoms. The van der Waals surface area contributed by atoms with Crippen LogP contribution in [0, 0.1) is 5.92 Å². The summed E-state index contributed by atoms with van der Waals surface area (Å²) < 4.78 is 11.4. The number of hydrogen-bond acceptors (Lipinski definition) is 3. The number of hydrogen-bond donors (Lipinski definition) is 1. The number of nitrogens with one attached hydrogen (secondary N) is 1. The Labute approximate surface area is 129 Å². The van der Waals surface area contributed by atoms with Gasteiger partial charge in [-0.25, -0.2) is 0 Å². The minimum Gasteiger partial charge on any atom is -0.385 e. The lowest BCUT2D eigenvalue weighted by molar-refractivity contribution is -0.00199. The summed E-state index contributed by atoms with van der Waals surface area (Å²) in [4.78, 5) is 0. The van der Waals surface area contributed by atoms with E-state index in [4.69, 9.17) is 9.47 Å². The van der Waals surface area contributed by atoms with Gasteiger partial charge < -0.3 is 14.8 Å². The number of ether oxygens (including phenoxy) is 2. The zero-order valence-electron chi connectivity index (χ0n) is 13.6. The molecule has 0 amide bonds. The Morgan fingerprint density at radius 1 is 1.38 bits per heavy atom. The zero-order chi connectivity index (χ0) is 15.1. The molecule has 3 atom stereocenters. The molecule has 1 aliphatic heterocycles. The highest BCUT2D eigenvalue weighted by Crippen LogP contribution is 2.33. The molecule has 3 nitrogen and oxygen atoms in total. The van der Waals surface area contributed by atoms with Crippen LogP contribution in [0.2, 0.25) is 0 Å². The van der Waals surface area contributed by atoms with E-state index in [1.165, 1.54) is 11.1 Å². The minimum absolute atomic E-state index is 0.161. The van der Waals surface area contributed by atoms with Crippen LogP contribution in [0.15, 0.2) is 24.3 Å². The summed E-state index contributed by atoms with van der Waals surface area (Å²) in [6, 6.07) is 9.06. The molecule has 0 aromatic heterocycles. The Hall–Kier alpha value is -0.900. The second-order valence-corrected chi connectivity index (χ2v) is 5.98. The first-order valence-corrected chi connectivity index (χ1v) is 8.19. The molecule has 3 heteroatoms. The van der Waals surface area contributed by atoms with Gasteiger partial charge in [-0.1, -0.05) is 38.1 Å². The van der Waals surface area contributed by atoms with Crippen LogP contribution < -0.4 is 5.32 Å². The first-order chi connectivity index (χ1) is 10.3. The summed E-state index contributed by atoms with van der Waals surface area (Å²) in [6.07, 6.45) is 3.38. The van der Waals surface area contributed by atoms with Gasteiger partial charge in [-0.15, -0.1) is 0 Å². The quantitative estimate of drug-likeness (QED) is 0.797. The van der Waals surface area contributed by atoms with E-state index in [2.05, 4.69) is 43.4 Å². The Kier molecular flexibility index (Phi) is 6.68. The maximum atomic E-state index is 6.16. The molecule has 1 aliphatic rings. The van der Waals surface area contributed by atoms with Crippen LogP contribution in [0.1, 0.15) is 43.9 Å². The highest BCUT2D eigenvalue weighted by molar-refractivity contribution is 5.32. The standard InChI is InChI=1S/C18H29NO2/c1-4-11-19-17(14(2)9-12-20-3)18-16-8-6-5-7-15(16)10-13-21-18/h5-8,14,17-19H,4,9-13H2,1-3H3. The van der Waals surface area contributed by atoms with Gasteiger partial charge in [-0.2, -0.15) is 0 Å². The van der Waals surface area contributed by atoms with Crippen molar-refractivity contribution >= 4 is 0 Å². The van der Waals surface area contributed by atoms with Gasteiger partial charge in [0.15, 0.2) is 0 Å². The van der Waals surface area contributed by atoms with E-state index >= 15 is 0 Å². The fourth-order valence-corrected chi connectivity index (χ4v) is 3.12. The third-order valence-corrected chi connectivity index (χ3v) is 4.38. The smallest absolute Gasteiger partial charge is 0.0983 e. The maximum absolute atomic E-state index is 6.16. The molecule has 21 heavy (non-hydrogen) atoms. The van der Waals surface area contributed by atoms with Crippen molar-refractivity contribution in [3.63, 3.8) is 0 Å². The van der Waals surface area contributed by atoms with Crippen molar-refractivity contribution in [2.75, 3.05) is 26.9 Å². The van der Waals surface area contributed by atoms with E-state index in [0.717, 1.165) is 39.0 Å². The lowest BCUT2D eigenvalue weighted by Crippen LogP contribution is -2.43. The highest BCUT2D eigenvalue weighted by atomic mass is 16.5. The minimum atomic E-state index is 0.161. The van der Waals surface area contributed by atoms with Crippen molar-refractivity contribution in [1.29, 1.82) is 0 Å². The molecule has 1 aromatic rings. The van der Waals surface area contributed by atoms with E-state index in [-0.39, 0.29) is 6.10 Å². The van der Waals surface area contributed by atoms with Crippen molar-refractivity contribution in [3.8, 4) is 0 Å². The third-order valence-electron chi connectivity index (χ3n) is 4.38. The summed E-state index contributed by atoms with van der Waals surface area (Å²) in [5.41, 5.74) is 2.80. The van der Waals surface area contributed by atoms with Crippen molar-refractivity contribution in [2.45, 2.75) is 45.3 Å². The molecule has 118 valence electrons. The molecule has 0 radical (unpaired) electrons. The fourth-order valence-electron chi connectivity index (χ4n) is 3.12. The van der Waals surface area contributed by atoms with Crippen LogP contribution in [0.4, 0.5) is 0 Å². The normalized spacial score (nSPS) is 20.8. The van der Waals surface area contributed by atoms with Crippen LogP contribution in [0.3, 0.4) is 0 Å². The topological polar surface area (TPSA) is 30.5 Å². The predicted molar refractivity (Wildman–Crippen MR) is 86.6 cm³/mol. The molecule has 1 heterocycles. The molecular weight excluding hydrogens is 262 g/mol. The van der Waals surface area contributed by atoms with E-state index in [1.54, 1.807) is 7.11 Å². The molecule has 2 rings (SSSR count). The average molecular weight is 291 g/mol. The molecule has 0 fully saturated rings. The number of methoxy groups -OCH3 is 1. The Morgan fingerprint density at radius 3 is 2.95 bits per heavy atom. The monoisotopic (exact) mass is 291 g/mol. The van der Waals surface area contributed by atoms with Gasteiger partial charge in [0.1, 0.15) is 0 Å². The summed E-state index contributed by atoms with van der Waals surface area (Å²) in [5.74, 6) is 0.521. The Morgan fingerprint density at radius 2 is 2.19 bits per heavy atom. The molecule has 3 unspecified atom stereocenters. The molecule has 0 aliphatic carbocycles. The number of fused-ring (bicyclic) bond motifs is 1. The van der Waals surface area contributed by atoms with Crippen LogP contribution in [-0.4, -0.2) is 32.9 Å². The molecular formula is C18H29NO2.